The number of hydrogen-bond donors (Lipinski definition) is 0. The number of carbonyl (C=O) groups is 3. The SMILES string of the molecule is CCOC(=O)C(=C/C=C/C=C/C(C(=O)OCC)=C(/[O-])OCC)C(=O)OCC. The fourth-order valence-electron chi connectivity index (χ4n) is 1.64. The van der Waals surface area contributed by atoms with E-state index >= 15 is 0 Å². The van der Waals surface area contributed by atoms with Gasteiger partial charge in [0.1, 0.15) is 5.57 Å². The van der Waals surface area contributed by atoms with Crippen LogP contribution in [0.1, 0.15) is 27.7 Å². The molecular formula is C19H25O8-. The fraction of sp³-hybridized carbons (Fsp3) is 0.421. The van der Waals surface area contributed by atoms with Crippen LogP contribution in [0.25, 0.3) is 0 Å². The van der Waals surface area contributed by atoms with Crippen LogP contribution in [0.3, 0.4) is 0 Å². The molecule has 0 aliphatic carbocycles. The molecule has 0 spiro atoms. The highest BCUT2D eigenvalue weighted by atomic mass is 16.6. The normalized spacial score (nSPS) is 11.7. The molecular weight excluding hydrogens is 356 g/mol. The molecule has 0 radical (unpaired) electrons. The zero-order valence-corrected chi connectivity index (χ0v) is 16.0. The van der Waals surface area contributed by atoms with Gasteiger partial charge in [0, 0.05) is 0 Å². The lowest BCUT2D eigenvalue weighted by Gasteiger charge is -2.15. The summed E-state index contributed by atoms with van der Waals surface area (Å²) in [6.45, 7) is 6.88. The highest BCUT2D eigenvalue weighted by Crippen LogP contribution is 2.07. The van der Waals surface area contributed by atoms with Gasteiger partial charge in [0.25, 0.3) is 0 Å². The van der Waals surface area contributed by atoms with Gasteiger partial charge < -0.3 is 24.1 Å². The van der Waals surface area contributed by atoms with Crippen LogP contribution < -0.4 is 5.11 Å². The van der Waals surface area contributed by atoms with Crippen molar-refractivity contribution >= 4 is 17.9 Å². The Kier molecular flexibility index (Phi) is 12.6. The first-order chi connectivity index (χ1) is 12.9. The summed E-state index contributed by atoms with van der Waals surface area (Å²) in [4.78, 5) is 35.4. The van der Waals surface area contributed by atoms with E-state index in [1.807, 2.05) is 0 Å². The standard InChI is InChI=1S/C19H26O8/c1-5-24-16(20)14(17(21)25-6-2)12-10-9-11-13-15(18(22)26-7-3)19(23)27-8-4/h9-13,20H,5-8H2,1-4H3/p-1/b11-9+,12-10+,16-14+. The minimum absolute atomic E-state index is 0.108. The molecule has 0 aliphatic heterocycles. The van der Waals surface area contributed by atoms with Crippen LogP contribution >= 0.6 is 0 Å². The Morgan fingerprint density at radius 3 is 1.67 bits per heavy atom. The molecule has 8 heteroatoms. The van der Waals surface area contributed by atoms with Crippen LogP contribution in [0.2, 0.25) is 0 Å². The molecule has 0 bridgehead atoms. The molecule has 0 saturated heterocycles. The molecule has 0 rings (SSSR count). The van der Waals surface area contributed by atoms with Gasteiger partial charge in [0.05, 0.1) is 31.3 Å². The van der Waals surface area contributed by atoms with Crippen molar-refractivity contribution in [3.05, 3.63) is 47.5 Å². The van der Waals surface area contributed by atoms with Crippen LogP contribution in [-0.4, -0.2) is 44.3 Å². The van der Waals surface area contributed by atoms with E-state index in [0.29, 0.717) is 0 Å². The first-order valence-corrected chi connectivity index (χ1v) is 8.53. The lowest BCUT2D eigenvalue weighted by Crippen LogP contribution is -2.18. The van der Waals surface area contributed by atoms with Crippen molar-refractivity contribution in [3.8, 4) is 0 Å². The molecule has 0 atom stereocenters. The van der Waals surface area contributed by atoms with E-state index < -0.39 is 23.9 Å². The molecule has 0 heterocycles. The highest BCUT2D eigenvalue weighted by molar-refractivity contribution is 6.14. The Hall–Kier alpha value is -3.03. The largest absolute Gasteiger partial charge is 0.613 e. The summed E-state index contributed by atoms with van der Waals surface area (Å²) < 4.78 is 19.2. The number of hydrogen-bond acceptors (Lipinski definition) is 8. The van der Waals surface area contributed by atoms with Gasteiger partial charge in [-0.25, -0.2) is 14.4 Å². The Morgan fingerprint density at radius 1 is 0.704 bits per heavy atom. The van der Waals surface area contributed by atoms with E-state index in [1.54, 1.807) is 27.7 Å². The monoisotopic (exact) mass is 381 g/mol. The smallest absolute Gasteiger partial charge is 0.345 e. The van der Waals surface area contributed by atoms with Gasteiger partial charge in [0.15, 0.2) is 0 Å². The molecule has 0 aromatic heterocycles. The van der Waals surface area contributed by atoms with Gasteiger partial charge in [-0.3, -0.25) is 0 Å². The number of allylic oxidation sites excluding steroid dienone is 4. The molecule has 0 fully saturated rings. The highest BCUT2D eigenvalue weighted by Gasteiger charge is 2.19. The molecule has 0 amide bonds. The molecule has 0 N–H and O–H groups in total. The van der Waals surface area contributed by atoms with Crippen molar-refractivity contribution in [1.29, 1.82) is 0 Å². The number of rotatable bonds is 11. The van der Waals surface area contributed by atoms with Crippen molar-refractivity contribution in [2.75, 3.05) is 26.4 Å². The van der Waals surface area contributed by atoms with E-state index in [9.17, 15) is 19.5 Å². The van der Waals surface area contributed by atoms with Crippen LogP contribution in [0, 0.1) is 0 Å². The first kappa shape index (κ1) is 24.0. The van der Waals surface area contributed by atoms with E-state index in [1.165, 1.54) is 30.4 Å². The molecule has 0 saturated carbocycles. The summed E-state index contributed by atoms with van der Waals surface area (Å²) in [6, 6.07) is 0. The van der Waals surface area contributed by atoms with Gasteiger partial charge >= 0.3 is 17.9 Å². The van der Waals surface area contributed by atoms with Crippen LogP contribution in [0.5, 0.6) is 0 Å². The van der Waals surface area contributed by atoms with Crippen molar-refractivity contribution in [2.24, 2.45) is 0 Å². The van der Waals surface area contributed by atoms with Gasteiger partial charge in [-0.15, -0.1) is 0 Å². The van der Waals surface area contributed by atoms with Crippen molar-refractivity contribution in [2.45, 2.75) is 27.7 Å². The van der Waals surface area contributed by atoms with Crippen molar-refractivity contribution in [1.82, 2.24) is 0 Å². The third-order valence-electron chi connectivity index (χ3n) is 2.73. The maximum Gasteiger partial charge on any atom is 0.345 e. The number of esters is 3. The zero-order valence-electron chi connectivity index (χ0n) is 16.0. The molecule has 0 aliphatic rings. The summed E-state index contributed by atoms with van der Waals surface area (Å²) in [5, 5.41) is 11.8. The third kappa shape index (κ3) is 9.29. The minimum Gasteiger partial charge on any atom is -0.613 e. The molecule has 0 unspecified atom stereocenters. The van der Waals surface area contributed by atoms with E-state index in [4.69, 9.17) is 18.9 Å². The fourth-order valence-corrected chi connectivity index (χ4v) is 1.64. The average molecular weight is 381 g/mol. The topological polar surface area (TPSA) is 111 Å². The molecule has 8 nitrogen and oxygen atoms in total. The average Bonchev–Trinajstić information content (AvgIpc) is 2.61. The van der Waals surface area contributed by atoms with Gasteiger partial charge in [0.2, 0.25) is 0 Å². The lowest BCUT2D eigenvalue weighted by molar-refractivity contribution is -0.357. The van der Waals surface area contributed by atoms with E-state index in [-0.39, 0.29) is 37.6 Å². The van der Waals surface area contributed by atoms with Crippen molar-refractivity contribution < 1.29 is 38.4 Å². The predicted molar refractivity (Wildman–Crippen MR) is 94.9 cm³/mol. The molecule has 0 aromatic carbocycles. The Labute approximate surface area is 158 Å². The molecule has 0 aromatic rings. The maximum absolute atomic E-state index is 11.8. The minimum atomic E-state index is -0.810. The number of carbonyl (C=O) groups excluding carboxylic acids is 3. The van der Waals surface area contributed by atoms with Gasteiger partial charge in [-0.2, -0.15) is 0 Å². The Bertz CT molecular complexity index is 606. The molecule has 150 valence electrons. The maximum atomic E-state index is 11.8. The second-order valence-corrected chi connectivity index (χ2v) is 4.62. The first-order valence-electron chi connectivity index (χ1n) is 8.53. The zero-order chi connectivity index (χ0) is 20.7. The van der Waals surface area contributed by atoms with Crippen LogP contribution in [-0.2, 0) is 33.3 Å². The predicted octanol–water partition coefficient (Wildman–Crippen LogP) is 1.32. The van der Waals surface area contributed by atoms with E-state index in [2.05, 4.69) is 0 Å². The summed E-state index contributed by atoms with van der Waals surface area (Å²) >= 11 is 0. The van der Waals surface area contributed by atoms with Crippen LogP contribution in [0.15, 0.2) is 47.5 Å². The number of ether oxygens (including phenoxy) is 4. The summed E-state index contributed by atoms with van der Waals surface area (Å²) in [5.41, 5.74) is -0.549. The lowest BCUT2D eigenvalue weighted by atomic mass is 10.2. The Morgan fingerprint density at radius 2 is 1.19 bits per heavy atom. The van der Waals surface area contributed by atoms with Gasteiger partial charge in [-0.1, -0.05) is 25.2 Å². The van der Waals surface area contributed by atoms with Crippen LogP contribution in [0.4, 0.5) is 0 Å². The van der Waals surface area contributed by atoms with Gasteiger partial charge in [-0.05, 0) is 39.5 Å². The summed E-state index contributed by atoms with van der Waals surface area (Å²) in [6.07, 6.45) is 6.58. The quantitative estimate of drug-likeness (QED) is 0.100. The summed E-state index contributed by atoms with van der Waals surface area (Å²) in [5.74, 6) is -3.24. The van der Waals surface area contributed by atoms with Crippen molar-refractivity contribution in [3.63, 3.8) is 0 Å². The summed E-state index contributed by atoms with van der Waals surface area (Å²) in [7, 11) is 0. The Balaban J connectivity index is 5.38. The van der Waals surface area contributed by atoms with E-state index in [0.717, 1.165) is 0 Å². The molecule has 27 heavy (non-hydrogen) atoms. The second kappa shape index (κ2) is 14.2. The third-order valence-corrected chi connectivity index (χ3v) is 2.73. The second-order valence-electron chi connectivity index (χ2n) is 4.62.